The molecule has 0 bridgehead atoms. The maximum atomic E-state index is 4.55. The Morgan fingerprint density at radius 1 is 1.10 bits per heavy atom. The molecule has 0 unspecified atom stereocenters. The van der Waals surface area contributed by atoms with Crippen LogP contribution in [0.1, 0.15) is 36.9 Å². The van der Waals surface area contributed by atoms with E-state index in [0.717, 1.165) is 5.69 Å². The van der Waals surface area contributed by atoms with Gasteiger partial charge in [-0.15, -0.1) is 0 Å². The van der Waals surface area contributed by atoms with Gasteiger partial charge in [0.15, 0.2) is 0 Å². The summed E-state index contributed by atoms with van der Waals surface area (Å²) in [5.74, 6) is 0.327. The molecular weight excluding hydrogens is 256 g/mol. The van der Waals surface area contributed by atoms with E-state index >= 15 is 0 Å². The zero-order valence-electron chi connectivity index (χ0n) is 12.6. The number of allylic oxidation sites excluding steroid dienone is 1. The van der Waals surface area contributed by atoms with Crippen molar-refractivity contribution in [2.24, 2.45) is 0 Å². The van der Waals surface area contributed by atoms with E-state index < -0.39 is 0 Å². The maximum absolute atomic E-state index is 4.55. The molecule has 1 aliphatic heterocycles. The third-order valence-electron chi connectivity index (χ3n) is 4.08. The molecule has 0 aliphatic carbocycles. The summed E-state index contributed by atoms with van der Waals surface area (Å²) in [5.41, 5.74) is 3.70. The van der Waals surface area contributed by atoms with Crippen molar-refractivity contribution >= 4 is 11.8 Å². The van der Waals surface area contributed by atoms with Gasteiger partial charge in [0.2, 0.25) is 0 Å². The van der Waals surface area contributed by atoms with Gasteiger partial charge in [0, 0.05) is 36.6 Å². The molecule has 1 aromatic heterocycles. The zero-order chi connectivity index (χ0) is 14.5. The molecule has 2 heteroatoms. The third kappa shape index (κ3) is 3.52. The molecule has 2 aromatic rings. The van der Waals surface area contributed by atoms with Crippen LogP contribution in [0.25, 0.3) is 6.08 Å². The van der Waals surface area contributed by atoms with Crippen molar-refractivity contribution in [3.05, 3.63) is 66.0 Å². The Morgan fingerprint density at radius 2 is 1.86 bits per heavy atom. The average molecular weight is 278 g/mol. The van der Waals surface area contributed by atoms with Crippen LogP contribution in [-0.2, 0) is 0 Å². The highest BCUT2D eigenvalue weighted by molar-refractivity contribution is 5.52. The lowest BCUT2D eigenvalue weighted by atomic mass is 10.0. The van der Waals surface area contributed by atoms with E-state index in [1.165, 1.54) is 37.2 Å². The van der Waals surface area contributed by atoms with Gasteiger partial charge in [-0.25, -0.2) is 0 Å². The Bertz CT molecular complexity index is 598. The van der Waals surface area contributed by atoms with Crippen molar-refractivity contribution in [2.75, 3.05) is 18.0 Å². The molecule has 1 atom stereocenters. The summed E-state index contributed by atoms with van der Waals surface area (Å²) in [6, 6.07) is 14.8. The van der Waals surface area contributed by atoms with E-state index in [-0.39, 0.29) is 0 Å². The summed E-state index contributed by atoms with van der Waals surface area (Å²) in [6.07, 6.45) is 8.96. The third-order valence-corrected chi connectivity index (χ3v) is 4.08. The lowest BCUT2D eigenvalue weighted by Gasteiger charge is -2.18. The van der Waals surface area contributed by atoms with Crippen LogP contribution in [0.3, 0.4) is 0 Å². The average Bonchev–Trinajstić information content (AvgIpc) is 3.08. The van der Waals surface area contributed by atoms with E-state index in [1.54, 1.807) is 0 Å². The number of benzene rings is 1. The molecule has 0 amide bonds. The molecule has 2 nitrogen and oxygen atoms in total. The number of rotatable bonds is 4. The largest absolute Gasteiger partial charge is 0.371 e. The first-order valence-corrected chi connectivity index (χ1v) is 7.77. The van der Waals surface area contributed by atoms with E-state index in [4.69, 9.17) is 0 Å². The molecule has 0 saturated carbocycles. The molecule has 1 saturated heterocycles. The summed E-state index contributed by atoms with van der Waals surface area (Å²) in [6.45, 7) is 4.56. The van der Waals surface area contributed by atoms with Crippen LogP contribution >= 0.6 is 0 Å². The molecule has 3 rings (SSSR count). The van der Waals surface area contributed by atoms with E-state index in [2.05, 4.69) is 65.4 Å². The number of hydrogen-bond acceptors (Lipinski definition) is 2. The Morgan fingerprint density at radius 3 is 2.62 bits per heavy atom. The number of aromatic nitrogens is 1. The lowest BCUT2D eigenvalue weighted by Crippen LogP contribution is -2.17. The molecule has 1 aromatic carbocycles. The zero-order valence-corrected chi connectivity index (χ0v) is 12.6. The van der Waals surface area contributed by atoms with Gasteiger partial charge in [0.05, 0.1) is 0 Å². The van der Waals surface area contributed by atoms with Crippen LogP contribution < -0.4 is 4.90 Å². The summed E-state index contributed by atoms with van der Waals surface area (Å²) in [7, 11) is 0. The molecule has 21 heavy (non-hydrogen) atoms. The van der Waals surface area contributed by atoms with Crippen molar-refractivity contribution in [3.63, 3.8) is 0 Å². The van der Waals surface area contributed by atoms with Crippen molar-refractivity contribution in [2.45, 2.75) is 25.7 Å². The van der Waals surface area contributed by atoms with E-state index in [1.807, 2.05) is 12.3 Å². The quantitative estimate of drug-likeness (QED) is 0.818. The Labute approximate surface area is 127 Å². The minimum absolute atomic E-state index is 0.327. The van der Waals surface area contributed by atoms with Crippen LogP contribution in [0, 0.1) is 0 Å². The SMILES string of the molecule is C[C@H](/C=C/c1ccccc1)c1cc(N2CCCC2)ccn1. The van der Waals surface area contributed by atoms with Gasteiger partial charge in [0.25, 0.3) is 0 Å². The van der Waals surface area contributed by atoms with Crippen LogP contribution in [0.5, 0.6) is 0 Å². The summed E-state index contributed by atoms with van der Waals surface area (Å²) < 4.78 is 0. The lowest BCUT2D eigenvalue weighted by molar-refractivity contribution is 0.896. The minimum atomic E-state index is 0.327. The first kappa shape index (κ1) is 13.9. The predicted molar refractivity (Wildman–Crippen MR) is 89.6 cm³/mol. The Balaban J connectivity index is 1.73. The molecular formula is C19H22N2. The predicted octanol–water partition coefficient (Wildman–Crippen LogP) is 4.50. The van der Waals surface area contributed by atoms with Gasteiger partial charge >= 0.3 is 0 Å². The number of pyridine rings is 1. The van der Waals surface area contributed by atoms with E-state index in [0.29, 0.717) is 5.92 Å². The number of hydrogen-bond donors (Lipinski definition) is 0. The summed E-state index contributed by atoms with van der Waals surface area (Å²) >= 11 is 0. The molecule has 0 spiro atoms. The first-order chi connectivity index (χ1) is 10.3. The van der Waals surface area contributed by atoms with Crippen LogP contribution in [0.4, 0.5) is 5.69 Å². The highest BCUT2D eigenvalue weighted by Crippen LogP contribution is 2.24. The highest BCUT2D eigenvalue weighted by Gasteiger charge is 2.13. The van der Waals surface area contributed by atoms with Crippen molar-refractivity contribution in [3.8, 4) is 0 Å². The Kier molecular flexibility index (Phi) is 4.34. The smallest absolute Gasteiger partial charge is 0.0490 e. The second-order valence-electron chi connectivity index (χ2n) is 5.69. The summed E-state index contributed by atoms with van der Waals surface area (Å²) in [4.78, 5) is 7.00. The normalized spacial score (nSPS) is 16.5. The van der Waals surface area contributed by atoms with Crippen LogP contribution in [0.2, 0.25) is 0 Å². The molecule has 108 valence electrons. The second-order valence-corrected chi connectivity index (χ2v) is 5.69. The first-order valence-electron chi connectivity index (χ1n) is 7.77. The van der Waals surface area contributed by atoms with Gasteiger partial charge in [-0.3, -0.25) is 4.98 Å². The minimum Gasteiger partial charge on any atom is -0.371 e. The maximum Gasteiger partial charge on any atom is 0.0490 e. The molecule has 2 heterocycles. The molecule has 1 fully saturated rings. The topological polar surface area (TPSA) is 16.1 Å². The van der Waals surface area contributed by atoms with Gasteiger partial charge in [-0.05, 0) is 30.5 Å². The molecule has 0 radical (unpaired) electrons. The van der Waals surface area contributed by atoms with Crippen molar-refractivity contribution in [1.29, 1.82) is 0 Å². The van der Waals surface area contributed by atoms with Crippen LogP contribution in [-0.4, -0.2) is 18.1 Å². The van der Waals surface area contributed by atoms with Gasteiger partial charge < -0.3 is 4.90 Å². The van der Waals surface area contributed by atoms with Gasteiger partial charge in [-0.2, -0.15) is 0 Å². The fraction of sp³-hybridized carbons (Fsp3) is 0.316. The van der Waals surface area contributed by atoms with Crippen LogP contribution in [0.15, 0.2) is 54.7 Å². The fourth-order valence-corrected chi connectivity index (χ4v) is 2.78. The van der Waals surface area contributed by atoms with Gasteiger partial charge in [0.1, 0.15) is 0 Å². The fourth-order valence-electron chi connectivity index (χ4n) is 2.78. The second kappa shape index (κ2) is 6.57. The standard InChI is InChI=1S/C19H22N2/c1-16(9-10-17-7-3-2-4-8-17)19-15-18(11-12-20-19)21-13-5-6-14-21/h2-4,7-12,15-16H,5-6,13-14H2,1H3/b10-9+/t16-/m1/s1. The summed E-state index contributed by atoms with van der Waals surface area (Å²) in [5, 5.41) is 0. The van der Waals surface area contributed by atoms with Crippen molar-refractivity contribution < 1.29 is 0 Å². The van der Waals surface area contributed by atoms with E-state index in [9.17, 15) is 0 Å². The number of nitrogens with zero attached hydrogens (tertiary/aromatic N) is 2. The number of anilines is 1. The highest BCUT2D eigenvalue weighted by atomic mass is 15.1. The van der Waals surface area contributed by atoms with Crippen molar-refractivity contribution in [1.82, 2.24) is 4.98 Å². The Hall–Kier alpha value is -2.09. The molecule has 1 aliphatic rings. The monoisotopic (exact) mass is 278 g/mol. The molecule has 0 N–H and O–H groups in total. The van der Waals surface area contributed by atoms with Gasteiger partial charge in [-0.1, -0.05) is 49.4 Å².